The van der Waals surface area contributed by atoms with E-state index in [-0.39, 0.29) is 0 Å². The van der Waals surface area contributed by atoms with Gasteiger partial charge in [0.05, 0.1) is 0 Å². The molecule has 3 aromatic rings. The van der Waals surface area contributed by atoms with Crippen LogP contribution in [0.4, 0.5) is 13.2 Å². The smallest absolute Gasteiger partial charge is 0.485 e. The minimum absolute atomic E-state index is 0.438. The average Bonchev–Trinajstić information content (AvgIpc) is 3.31. The van der Waals surface area contributed by atoms with Crippen molar-refractivity contribution >= 4 is 26.6 Å². The van der Waals surface area contributed by atoms with E-state index >= 15 is 0 Å². The minimum atomic E-state index is -6.09. The lowest BCUT2D eigenvalue weighted by Gasteiger charge is -2.09. The Balaban J connectivity index is 0.000000331. The third-order valence-electron chi connectivity index (χ3n) is 5.02. The lowest BCUT2D eigenvalue weighted by molar-refractivity contribution is -0.0517. The largest absolute Gasteiger partial charge is 0.741 e. The average molecular weight is 493 g/mol. The summed E-state index contributed by atoms with van der Waals surface area (Å²) in [4.78, 5) is 0. The molecule has 3 nitrogen and oxygen atoms in total. The fourth-order valence-electron chi connectivity index (χ4n) is 3.35. The van der Waals surface area contributed by atoms with Crippen LogP contribution in [0.3, 0.4) is 0 Å². The quantitative estimate of drug-likeness (QED) is 0.247. The van der Waals surface area contributed by atoms with Gasteiger partial charge in [0.25, 0.3) is 0 Å². The van der Waals surface area contributed by atoms with Crippen LogP contribution in [-0.2, 0) is 21.0 Å². The Morgan fingerprint density at radius 3 is 1.67 bits per heavy atom. The maximum atomic E-state index is 10.7. The maximum Gasteiger partial charge on any atom is 0.485 e. The van der Waals surface area contributed by atoms with Crippen LogP contribution in [-0.4, -0.2) is 30.0 Å². The van der Waals surface area contributed by atoms with Gasteiger partial charge in [-0.1, -0.05) is 84.9 Å². The lowest BCUT2D eigenvalue weighted by atomic mass is 9.97. The van der Waals surface area contributed by atoms with E-state index in [2.05, 4.69) is 90.3 Å². The SMILES string of the molecule is C(=C(c1ccccc1)c1ccc(-c2ccccc2)cc1)[S+]1CCCC1.O=S(=O)([O-])C(F)(F)F. The van der Waals surface area contributed by atoms with Crippen molar-refractivity contribution in [3.05, 3.63) is 101 Å². The van der Waals surface area contributed by atoms with Crippen molar-refractivity contribution in [3.8, 4) is 11.1 Å². The Hall–Kier alpha value is -2.55. The minimum Gasteiger partial charge on any atom is -0.741 e. The zero-order valence-electron chi connectivity index (χ0n) is 17.7. The number of halogens is 3. The van der Waals surface area contributed by atoms with Gasteiger partial charge in [-0.05, 0) is 35.1 Å². The number of hydrogen-bond donors (Lipinski definition) is 0. The van der Waals surface area contributed by atoms with Gasteiger partial charge in [-0.15, -0.1) is 0 Å². The third kappa shape index (κ3) is 7.22. The molecule has 174 valence electrons. The van der Waals surface area contributed by atoms with Crippen molar-refractivity contribution in [2.75, 3.05) is 11.5 Å². The van der Waals surface area contributed by atoms with E-state index in [0.717, 1.165) is 0 Å². The van der Waals surface area contributed by atoms with Crippen molar-refractivity contribution in [3.63, 3.8) is 0 Å². The second-order valence-corrected chi connectivity index (χ2v) is 10.9. The van der Waals surface area contributed by atoms with Gasteiger partial charge in [0.15, 0.2) is 10.1 Å². The summed E-state index contributed by atoms with van der Waals surface area (Å²) in [6, 6.07) is 30.5. The van der Waals surface area contributed by atoms with Crippen molar-refractivity contribution in [1.82, 2.24) is 0 Å². The van der Waals surface area contributed by atoms with E-state index in [1.807, 2.05) is 0 Å². The Kier molecular flexibility index (Phi) is 8.40. The third-order valence-corrected chi connectivity index (χ3v) is 7.78. The van der Waals surface area contributed by atoms with E-state index in [9.17, 15) is 13.2 Å². The van der Waals surface area contributed by atoms with Crippen LogP contribution in [0, 0.1) is 0 Å². The van der Waals surface area contributed by atoms with Crippen LogP contribution in [0.1, 0.15) is 24.0 Å². The van der Waals surface area contributed by atoms with E-state index in [1.165, 1.54) is 52.2 Å². The van der Waals surface area contributed by atoms with Gasteiger partial charge in [0.2, 0.25) is 0 Å². The molecule has 0 unspecified atom stereocenters. The van der Waals surface area contributed by atoms with Crippen molar-refractivity contribution < 1.29 is 26.1 Å². The summed E-state index contributed by atoms with van der Waals surface area (Å²) in [5, 5.41) is 2.54. The van der Waals surface area contributed by atoms with Gasteiger partial charge in [-0.3, -0.25) is 0 Å². The predicted molar refractivity (Wildman–Crippen MR) is 127 cm³/mol. The fraction of sp³-hybridized carbons (Fsp3) is 0.200. The normalized spacial score (nSPS) is 15.1. The molecule has 0 aliphatic carbocycles. The van der Waals surface area contributed by atoms with E-state index in [0.29, 0.717) is 10.9 Å². The molecule has 4 rings (SSSR count). The van der Waals surface area contributed by atoms with E-state index in [4.69, 9.17) is 13.0 Å². The van der Waals surface area contributed by atoms with Crippen LogP contribution in [0.5, 0.6) is 0 Å². The Morgan fingerprint density at radius 1 is 0.758 bits per heavy atom. The number of rotatable bonds is 4. The fourth-order valence-corrected chi connectivity index (χ4v) is 5.55. The number of alkyl halides is 3. The highest BCUT2D eigenvalue weighted by atomic mass is 32.2. The lowest BCUT2D eigenvalue weighted by Crippen LogP contribution is -2.21. The highest BCUT2D eigenvalue weighted by Crippen LogP contribution is 2.29. The molecule has 0 N–H and O–H groups in total. The first-order valence-corrected chi connectivity index (χ1v) is 13.3. The molecule has 8 heteroatoms. The monoisotopic (exact) mass is 492 g/mol. The van der Waals surface area contributed by atoms with Gasteiger partial charge < -0.3 is 4.55 Å². The molecule has 1 aliphatic rings. The van der Waals surface area contributed by atoms with Crippen LogP contribution < -0.4 is 0 Å². The maximum absolute atomic E-state index is 10.7. The standard InChI is InChI=1S/C24H23S.CHF3O3S/c1-3-9-20(10-4-1)21-13-15-23(16-14-21)24(19-25-17-7-8-18-25)22-11-5-2-6-12-22;2-1(3,4)8(5,6)7/h1-6,9-16,19H,7-8,17-18H2;(H,5,6,7)/q+1;/p-1. The van der Waals surface area contributed by atoms with Crippen molar-refractivity contribution in [1.29, 1.82) is 0 Å². The molecule has 1 saturated heterocycles. The number of hydrogen-bond acceptors (Lipinski definition) is 3. The molecule has 1 fully saturated rings. The summed E-state index contributed by atoms with van der Waals surface area (Å²) in [5.41, 5.74) is 0.953. The Morgan fingerprint density at radius 2 is 1.18 bits per heavy atom. The first-order valence-electron chi connectivity index (χ1n) is 10.3. The Labute approximate surface area is 195 Å². The summed E-state index contributed by atoms with van der Waals surface area (Å²) in [5.74, 6) is 2.72. The number of benzene rings is 3. The molecular formula is C25H23F3O3S2. The highest BCUT2D eigenvalue weighted by molar-refractivity contribution is 8.00. The molecule has 0 saturated carbocycles. The van der Waals surface area contributed by atoms with Crippen LogP contribution in [0.15, 0.2) is 90.3 Å². The van der Waals surface area contributed by atoms with Crippen LogP contribution in [0.2, 0.25) is 0 Å². The molecule has 1 aliphatic heterocycles. The summed E-state index contributed by atoms with van der Waals surface area (Å²) in [6.07, 6.45) is 2.77. The predicted octanol–water partition coefficient (Wildman–Crippen LogP) is 6.21. The second kappa shape index (κ2) is 11.0. The first kappa shape index (κ1) is 25.1. The van der Waals surface area contributed by atoms with Gasteiger partial charge in [0.1, 0.15) is 16.9 Å². The molecule has 1 heterocycles. The molecule has 0 radical (unpaired) electrons. The molecule has 3 aromatic carbocycles. The molecular weight excluding hydrogens is 469 g/mol. The molecule has 33 heavy (non-hydrogen) atoms. The summed E-state index contributed by atoms with van der Waals surface area (Å²) in [6.45, 7) is 0. The topological polar surface area (TPSA) is 57.2 Å². The molecule has 0 aromatic heterocycles. The first-order chi connectivity index (χ1) is 15.6. The summed E-state index contributed by atoms with van der Waals surface area (Å²) >= 11 is 0. The highest BCUT2D eigenvalue weighted by Gasteiger charge is 2.36. The molecule has 0 atom stereocenters. The van der Waals surface area contributed by atoms with Gasteiger partial charge in [-0.25, -0.2) is 8.42 Å². The summed E-state index contributed by atoms with van der Waals surface area (Å²) < 4.78 is 58.9. The van der Waals surface area contributed by atoms with Crippen molar-refractivity contribution in [2.45, 2.75) is 18.3 Å². The molecule has 0 amide bonds. The molecule has 0 spiro atoms. The second-order valence-electron chi connectivity index (χ2n) is 7.39. The van der Waals surface area contributed by atoms with E-state index in [1.54, 1.807) is 0 Å². The van der Waals surface area contributed by atoms with Crippen LogP contribution >= 0.6 is 0 Å². The Bertz CT molecular complexity index is 1150. The van der Waals surface area contributed by atoms with Crippen molar-refractivity contribution in [2.24, 2.45) is 0 Å². The van der Waals surface area contributed by atoms with Crippen LogP contribution in [0.25, 0.3) is 16.7 Å². The zero-order valence-corrected chi connectivity index (χ0v) is 19.3. The summed E-state index contributed by atoms with van der Waals surface area (Å²) in [7, 11) is -5.65. The van der Waals surface area contributed by atoms with E-state index < -0.39 is 15.6 Å². The van der Waals surface area contributed by atoms with Gasteiger partial charge in [0, 0.05) is 16.5 Å². The van der Waals surface area contributed by atoms with Gasteiger partial charge in [-0.2, -0.15) is 13.2 Å². The zero-order chi connectivity index (χ0) is 23.9. The molecule has 0 bridgehead atoms. The van der Waals surface area contributed by atoms with Gasteiger partial charge >= 0.3 is 5.51 Å².